The molecule has 24 heavy (non-hydrogen) atoms. The first-order chi connectivity index (χ1) is 10.7. The third-order valence-corrected chi connectivity index (χ3v) is 3.90. The van der Waals surface area contributed by atoms with Crippen LogP contribution in [0.3, 0.4) is 0 Å². The summed E-state index contributed by atoms with van der Waals surface area (Å²) in [5.74, 6) is 0.911. The molecule has 1 aliphatic rings. The van der Waals surface area contributed by atoms with Crippen LogP contribution in [0.15, 0.2) is 45.7 Å². The van der Waals surface area contributed by atoms with E-state index in [-0.39, 0.29) is 36.8 Å². The van der Waals surface area contributed by atoms with Crippen LogP contribution in [0.25, 0.3) is 0 Å². The van der Waals surface area contributed by atoms with Crippen LogP contribution in [0.1, 0.15) is 10.6 Å². The van der Waals surface area contributed by atoms with Gasteiger partial charge in [0, 0.05) is 25.8 Å². The number of nitrogens with one attached hydrogen (secondary N) is 1. The molecule has 1 atom stereocenters. The van der Waals surface area contributed by atoms with Gasteiger partial charge < -0.3 is 19.4 Å². The van der Waals surface area contributed by atoms with Crippen LogP contribution < -0.4 is 10.1 Å². The lowest BCUT2D eigenvalue weighted by Crippen LogP contribution is -2.55. The highest BCUT2D eigenvalue weighted by atomic mass is 79.9. The highest BCUT2D eigenvalue weighted by molar-refractivity contribution is 9.10. The largest absolute Gasteiger partial charge is 0.490 e. The average Bonchev–Trinajstić information content (AvgIpc) is 3.00. The third kappa shape index (κ3) is 5.11. The summed E-state index contributed by atoms with van der Waals surface area (Å²) in [4.78, 5) is 18.4. The van der Waals surface area contributed by atoms with Gasteiger partial charge in [0.25, 0.3) is 5.91 Å². The third-order valence-electron chi connectivity index (χ3n) is 3.47. The van der Waals surface area contributed by atoms with Crippen LogP contribution in [0, 0.1) is 0 Å². The SMILES string of the molecule is Cl.Cl.O=C(c1ccc(Br)o1)N1CCNC[C@@H]1COc1cccnc1. The van der Waals surface area contributed by atoms with Crippen LogP contribution in [-0.2, 0) is 0 Å². The molecule has 0 saturated carbocycles. The number of piperazine rings is 1. The number of hydrogen-bond acceptors (Lipinski definition) is 5. The zero-order chi connectivity index (χ0) is 15.4. The zero-order valence-corrected chi connectivity index (χ0v) is 15.9. The van der Waals surface area contributed by atoms with E-state index in [0.717, 1.165) is 6.54 Å². The number of halogens is 3. The Morgan fingerprint density at radius 2 is 2.25 bits per heavy atom. The molecule has 3 heterocycles. The summed E-state index contributed by atoms with van der Waals surface area (Å²) < 4.78 is 11.6. The highest BCUT2D eigenvalue weighted by Gasteiger charge is 2.29. The van der Waals surface area contributed by atoms with Gasteiger partial charge in [0.05, 0.1) is 12.2 Å². The molecule has 1 amide bonds. The first kappa shape index (κ1) is 20.8. The molecule has 2 aromatic heterocycles. The summed E-state index contributed by atoms with van der Waals surface area (Å²) in [5.41, 5.74) is 0. The van der Waals surface area contributed by atoms with Crippen molar-refractivity contribution >= 4 is 46.7 Å². The fourth-order valence-corrected chi connectivity index (χ4v) is 2.68. The Bertz CT molecular complexity index is 642. The number of amides is 1. The maximum absolute atomic E-state index is 12.6. The van der Waals surface area contributed by atoms with E-state index in [9.17, 15) is 4.79 Å². The van der Waals surface area contributed by atoms with Gasteiger partial charge in [-0.25, -0.2) is 0 Å². The number of rotatable bonds is 4. The summed E-state index contributed by atoms with van der Waals surface area (Å²) in [6, 6.07) is 7.01. The molecule has 0 aromatic carbocycles. The Kier molecular flexibility index (Phi) is 8.55. The van der Waals surface area contributed by atoms with E-state index in [1.165, 1.54) is 0 Å². The molecule has 3 rings (SSSR count). The molecule has 1 saturated heterocycles. The number of pyridine rings is 1. The van der Waals surface area contributed by atoms with E-state index in [2.05, 4.69) is 26.2 Å². The van der Waals surface area contributed by atoms with Crippen LogP contribution >= 0.6 is 40.7 Å². The fraction of sp³-hybridized carbons (Fsp3) is 0.333. The second-order valence-electron chi connectivity index (χ2n) is 4.96. The Balaban J connectivity index is 0.00000144. The lowest BCUT2D eigenvalue weighted by atomic mass is 10.2. The van der Waals surface area contributed by atoms with Crippen molar-refractivity contribution in [2.24, 2.45) is 0 Å². The van der Waals surface area contributed by atoms with Crippen LogP contribution in [-0.4, -0.2) is 48.1 Å². The Morgan fingerprint density at radius 1 is 1.42 bits per heavy atom. The molecule has 0 bridgehead atoms. The van der Waals surface area contributed by atoms with Crippen molar-refractivity contribution in [3.05, 3.63) is 47.1 Å². The first-order valence-corrected chi connectivity index (χ1v) is 7.83. The van der Waals surface area contributed by atoms with Gasteiger partial charge in [0.15, 0.2) is 10.4 Å². The van der Waals surface area contributed by atoms with Crippen molar-refractivity contribution in [2.45, 2.75) is 6.04 Å². The van der Waals surface area contributed by atoms with Crippen LogP contribution in [0.4, 0.5) is 0 Å². The van der Waals surface area contributed by atoms with Gasteiger partial charge >= 0.3 is 0 Å². The molecule has 0 radical (unpaired) electrons. The van der Waals surface area contributed by atoms with Gasteiger partial charge in [-0.15, -0.1) is 24.8 Å². The molecule has 1 fully saturated rings. The monoisotopic (exact) mass is 437 g/mol. The zero-order valence-electron chi connectivity index (χ0n) is 12.7. The predicted octanol–water partition coefficient (Wildman–Crippen LogP) is 2.77. The number of furan rings is 1. The van der Waals surface area contributed by atoms with Crippen LogP contribution in [0.2, 0.25) is 0 Å². The van der Waals surface area contributed by atoms with E-state index in [1.54, 1.807) is 29.4 Å². The smallest absolute Gasteiger partial charge is 0.290 e. The summed E-state index contributed by atoms with van der Waals surface area (Å²) in [7, 11) is 0. The molecule has 0 aliphatic carbocycles. The summed E-state index contributed by atoms with van der Waals surface area (Å²) in [6.45, 7) is 2.48. The Labute approximate surface area is 160 Å². The maximum Gasteiger partial charge on any atom is 0.290 e. The van der Waals surface area contributed by atoms with Gasteiger partial charge in [-0.3, -0.25) is 9.78 Å². The number of ether oxygens (including phenoxy) is 1. The molecule has 0 unspecified atom stereocenters. The standard InChI is InChI=1S/C15H16BrN3O3.2ClH/c16-14-4-3-13(22-14)15(20)19-7-6-18-8-11(19)10-21-12-2-1-5-17-9-12;;/h1-5,9,11,18H,6-8,10H2;2*1H/t11-;;/m1../s1. The van der Waals surface area contributed by atoms with E-state index >= 15 is 0 Å². The van der Waals surface area contributed by atoms with E-state index in [1.807, 2.05) is 12.1 Å². The van der Waals surface area contributed by atoms with Gasteiger partial charge in [-0.05, 0) is 40.2 Å². The van der Waals surface area contributed by atoms with Gasteiger partial charge in [0.2, 0.25) is 0 Å². The van der Waals surface area contributed by atoms with Crippen molar-refractivity contribution in [3.8, 4) is 5.75 Å². The minimum atomic E-state index is -0.119. The number of nitrogens with zero attached hydrogens (tertiary/aromatic N) is 2. The molecule has 1 aliphatic heterocycles. The lowest BCUT2D eigenvalue weighted by molar-refractivity contribution is 0.0527. The number of carbonyl (C=O) groups excluding carboxylic acids is 1. The molecule has 9 heteroatoms. The van der Waals surface area contributed by atoms with Gasteiger partial charge in [0.1, 0.15) is 12.4 Å². The fourth-order valence-electron chi connectivity index (χ4n) is 2.37. The van der Waals surface area contributed by atoms with E-state index in [4.69, 9.17) is 9.15 Å². The number of hydrogen-bond donors (Lipinski definition) is 1. The molecular weight excluding hydrogens is 421 g/mol. The van der Waals surface area contributed by atoms with Crippen molar-refractivity contribution in [1.29, 1.82) is 0 Å². The Hall–Kier alpha value is -1.28. The summed E-state index contributed by atoms with van der Waals surface area (Å²) in [5, 5.41) is 3.28. The number of carbonyl (C=O) groups is 1. The average molecular weight is 439 g/mol. The van der Waals surface area contributed by atoms with Crippen LogP contribution in [0.5, 0.6) is 5.75 Å². The molecule has 2 aromatic rings. The van der Waals surface area contributed by atoms with Gasteiger partial charge in [-0.1, -0.05) is 0 Å². The van der Waals surface area contributed by atoms with E-state index in [0.29, 0.717) is 35.9 Å². The second kappa shape index (κ2) is 9.88. The molecule has 132 valence electrons. The normalized spacial score (nSPS) is 16.7. The van der Waals surface area contributed by atoms with Gasteiger partial charge in [-0.2, -0.15) is 0 Å². The maximum atomic E-state index is 12.6. The molecular formula is C15H18BrCl2N3O3. The topological polar surface area (TPSA) is 67.6 Å². The number of aromatic nitrogens is 1. The minimum absolute atomic E-state index is 0. The molecule has 1 N–H and O–H groups in total. The lowest BCUT2D eigenvalue weighted by Gasteiger charge is -2.35. The highest BCUT2D eigenvalue weighted by Crippen LogP contribution is 2.18. The quantitative estimate of drug-likeness (QED) is 0.794. The molecule has 0 spiro atoms. The summed E-state index contributed by atoms with van der Waals surface area (Å²) in [6.07, 6.45) is 3.35. The van der Waals surface area contributed by atoms with Crippen molar-refractivity contribution in [1.82, 2.24) is 15.2 Å². The Morgan fingerprint density at radius 3 is 2.92 bits per heavy atom. The predicted molar refractivity (Wildman–Crippen MR) is 98.3 cm³/mol. The van der Waals surface area contributed by atoms with Crippen molar-refractivity contribution in [3.63, 3.8) is 0 Å². The summed E-state index contributed by atoms with van der Waals surface area (Å²) >= 11 is 3.22. The molecule has 6 nitrogen and oxygen atoms in total. The van der Waals surface area contributed by atoms with Crippen molar-refractivity contribution < 1.29 is 13.9 Å². The minimum Gasteiger partial charge on any atom is -0.490 e. The van der Waals surface area contributed by atoms with E-state index < -0.39 is 0 Å². The first-order valence-electron chi connectivity index (χ1n) is 7.04. The van der Waals surface area contributed by atoms with Crippen molar-refractivity contribution in [2.75, 3.05) is 26.2 Å². The second-order valence-corrected chi connectivity index (χ2v) is 5.74.